The van der Waals surface area contributed by atoms with Crippen molar-refractivity contribution in [2.24, 2.45) is 0 Å². The highest BCUT2D eigenvalue weighted by Crippen LogP contribution is 2.26. The van der Waals surface area contributed by atoms with Crippen LogP contribution in [-0.2, 0) is 10.0 Å². The molecule has 4 nitrogen and oxygen atoms in total. The molecule has 1 aromatic rings. The van der Waals surface area contributed by atoms with Crippen molar-refractivity contribution in [1.82, 2.24) is 0 Å². The maximum atomic E-state index is 11.1. The van der Waals surface area contributed by atoms with Crippen molar-refractivity contribution in [2.75, 3.05) is 17.6 Å². The predicted octanol–water partition coefficient (Wildman–Crippen LogP) is 0.788. The number of phenolic OH excluding ortho intramolecular Hbond substituents is 1. The number of aromatic hydroxyl groups is 1. The van der Waals surface area contributed by atoms with Crippen LogP contribution in [-0.4, -0.2) is 26.8 Å². The molecule has 0 saturated heterocycles. The first kappa shape index (κ1) is 9.85. The Morgan fingerprint density at radius 3 is 2.31 bits per heavy atom. The molecule has 1 rings (SSSR count). The Kier molecular flexibility index (Phi) is 2.47. The third kappa shape index (κ3) is 2.12. The summed E-state index contributed by atoms with van der Waals surface area (Å²) in [5.74, 6) is -0.0459. The molecule has 0 amide bonds. The average molecular weight is 201 g/mol. The van der Waals surface area contributed by atoms with E-state index in [0.29, 0.717) is 0 Å². The lowest BCUT2D eigenvalue weighted by Crippen LogP contribution is -2.24. The molecule has 0 saturated carbocycles. The molecular formula is C8H11NO3S. The molecular weight excluding hydrogens is 190 g/mol. The molecule has 0 aliphatic heterocycles. The van der Waals surface area contributed by atoms with E-state index in [2.05, 4.69) is 0 Å². The van der Waals surface area contributed by atoms with Gasteiger partial charge in [-0.3, -0.25) is 4.31 Å². The summed E-state index contributed by atoms with van der Waals surface area (Å²) >= 11 is 0. The van der Waals surface area contributed by atoms with Crippen molar-refractivity contribution in [3.63, 3.8) is 0 Å². The summed E-state index contributed by atoms with van der Waals surface area (Å²) in [6.45, 7) is 0. The molecule has 0 atom stereocenters. The average Bonchev–Trinajstić information content (AvgIpc) is 2.02. The van der Waals surface area contributed by atoms with E-state index in [-0.39, 0.29) is 11.4 Å². The first-order valence-electron chi connectivity index (χ1n) is 3.65. The van der Waals surface area contributed by atoms with Gasteiger partial charge in [0.15, 0.2) is 0 Å². The first-order valence-corrected chi connectivity index (χ1v) is 5.49. The SMILES string of the molecule is CN(c1ccccc1O)S(C)(=O)=O. The number of anilines is 1. The van der Waals surface area contributed by atoms with Crippen LogP contribution < -0.4 is 4.31 Å². The number of rotatable bonds is 2. The van der Waals surface area contributed by atoms with Crippen LogP contribution in [0.1, 0.15) is 0 Å². The highest BCUT2D eigenvalue weighted by molar-refractivity contribution is 7.92. The summed E-state index contributed by atoms with van der Waals surface area (Å²) < 4.78 is 23.2. The van der Waals surface area contributed by atoms with Gasteiger partial charge in [-0.25, -0.2) is 8.42 Å². The van der Waals surface area contributed by atoms with Gasteiger partial charge in [0.05, 0.1) is 11.9 Å². The minimum Gasteiger partial charge on any atom is -0.506 e. The van der Waals surface area contributed by atoms with Gasteiger partial charge in [0.1, 0.15) is 5.75 Å². The summed E-state index contributed by atoms with van der Waals surface area (Å²) in [4.78, 5) is 0. The monoisotopic (exact) mass is 201 g/mol. The van der Waals surface area contributed by atoms with Crippen LogP contribution in [0.4, 0.5) is 5.69 Å². The molecule has 0 bridgehead atoms. The van der Waals surface area contributed by atoms with Crippen LogP contribution in [0, 0.1) is 0 Å². The molecule has 13 heavy (non-hydrogen) atoms. The Morgan fingerprint density at radius 2 is 1.85 bits per heavy atom. The molecule has 0 aliphatic carbocycles. The number of benzene rings is 1. The lowest BCUT2D eigenvalue weighted by atomic mass is 10.3. The van der Waals surface area contributed by atoms with E-state index in [4.69, 9.17) is 0 Å². The number of hydrogen-bond acceptors (Lipinski definition) is 3. The minimum absolute atomic E-state index is 0.0459. The summed E-state index contributed by atoms with van der Waals surface area (Å²) in [5, 5.41) is 9.34. The zero-order valence-corrected chi connectivity index (χ0v) is 8.25. The highest BCUT2D eigenvalue weighted by atomic mass is 32.2. The van der Waals surface area contributed by atoms with E-state index in [9.17, 15) is 13.5 Å². The van der Waals surface area contributed by atoms with Gasteiger partial charge in [-0.1, -0.05) is 12.1 Å². The second-order valence-corrected chi connectivity index (χ2v) is 4.73. The Hall–Kier alpha value is -1.23. The normalized spacial score (nSPS) is 11.2. The zero-order valence-electron chi connectivity index (χ0n) is 7.43. The standard InChI is InChI=1S/C8H11NO3S/c1-9(13(2,11)12)7-5-3-4-6-8(7)10/h3-6,10H,1-2H3. The van der Waals surface area contributed by atoms with E-state index in [1.807, 2.05) is 0 Å². The lowest BCUT2D eigenvalue weighted by molar-refractivity contribution is 0.476. The molecule has 5 heteroatoms. The van der Waals surface area contributed by atoms with Crippen LogP contribution in [0.25, 0.3) is 0 Å². The number of phenols is 1. The van der Waals surface area contributed by atoms with Gasteiger partial charge in [0.25, 0.3) is 0 Å². The lowest BCUT2D eigenvalue weighted by Gasteiger charge is -2.17. The molecule has 0 aliphatic rings. The van der Waals surface area contributed by atoms with Crippen molar-refractivity contribution in [3.05, 3.63) is 24.3 Å². The fourth-order valence-corrected chi connectivity index (χ4v) is 1.42. The van der Waals surface area contributed by atoms with Gasteiger partial charge in [-0.2, -0.15) is 0 Å². The van der Waals surface area contributed by atoms with Crippen molar-refractivity contribution in [3.8, 4) is 5.75 Å². The van der Waals surface area contributed by atoms with Gasteiger partial charge in [0.2, 0.25) is 10.0 Å². The van der Waals surface area contributed by atoms with Gasteiger partial charge in [-0.05, 0) is 12.1 Å². The van der Waals surface area contributed by atoms with E-state index in [1.54, 1.807) is 12.1 Å². The Balaban J connectivity index is 3.17. The van der Waals surface area contributed by atoms with Crippen LogP contribution in [0.15, 0.2) is 24.3 Å². The topological polar surface area (TPSA) is 57.6 Å². The molecule has 72 valence electrons. The van der Waals surface area contributed by atoms with Gasteiger partial charge >= 0.3 is 0 Å². The fourth-order valence-electron chi connectivity index (χ4n) is 0.909. The molecule has 0 fully saturated rings. The van der Waals surface area contributed by atoms with Crippen LogP contribution in [0.5, 0.6) is 5.75 Å². The zero-order chi connectivity index (χ0) is 10.1. The smallest absolute Gasteiger partial charge is 0.232 e. The molecule has 1 aromatic carbocycles. The number of hydrogen-bond donors (Lipinski definition) is 1. The summed E-state index contributed by atoms with van der Waals surface area (Å²) in [6, 6.07) is 6.28. The van der Waals surface area contributed by atoms with Crippen LogP contribution in [0.3, 0.4) is 0 Å². The van der Waals surface area contributed by atoms with Gasteiger partial charge in [-0.15, -0.1) is 0 Å². The van der Waals surface area contributed by atoms with Gasteiger partial charge < -0.3 is 5.11 Å². The fraction of sp³-hybridized carbons (Fsp3) is 0.250. The van der Waals surface area contributed by atoms with Crippen LogP contribution in [0.2, 0.25) is 0 Å². The second-order valence-electron chi connectivity index (χ2n) is 2.72. The number of para-hydroxylation sites is 2. The largest absolute Gasteiger partial charge is 0.506 e. The third-order valence-electron chi connectivity index (χ3n) is 1.72. The molecule has 0 radical (unpaired) electrons. The van der Waals surface area contributed by atoms with Crippen molar-refractivity contribution in [1.29, 1.82) is 0 Å². The summed E-state index contributed by atoms with van der Waals surface area (Å²) in [6.07, 6.45) is 1.08. The summed E-state index contributed by atoms with van der Waals surface area (Å²) in [7, 11) is -1.91. The quantitative estimate of drug-likeness (QED) is 0.769. The molecule has 0 heterocycles. The second kappa shape index (κ2) is 3.26. The highest BCUT2D eigenvalue weighted by Gasteiger charge is 2.14. The third-order valence-corrected chi connectivity index (χ3v) is 2.91. The van der Waals surface area contributed by atoms with E-state index >= 15 is 0 Å². The van der Waals surface area contributed by atoms with E-state index in [1.165, 1.54) is 19.2 Å². The Morgan fingerprint density at radius 1 is 1.31 bits per heavy atom. The van der Waals surface area contributed by atoms with Crippen molar-refractivity contribution < 1.29 is 13.5 Å². The van der Waals surface area contributed by atoms with Crippen molar-refractivity contribution in [2.45, 2.75) is 0 Å². The summed E-state index contributed by atoms with van der Waals surface area (Å²) in [5.41, 5.74) is 0.282. The van der Waals surface area contributed by atoms with Gasteiger partial charge in [0, 0.05) is 7.05 Å². The van der Waals surface area contributed by atoms with E-state index in [0.717, 1.165) is 10.6 Å². The first-order chi connectivity index (χ1) is 5.93. The molecule has 0 spiro atoms. The Bertz CT molecular complexity index is 400. The maximum Gasteiger partial charge on any atom is 0.232 e. The number of nitrogens with zero attached hydrogens (tertiary/aromatic N) is 1. The molecule has 1 N–H and O–H groups in total. The van der Waals surface area contributed by atoms with Crippen molar-refractivity contribution >= 4 is 15.7 Å². The predicted molar refractivity (Wildman–Crippen MR) is 51.4 cm³/mol. The maximum absolute atomic E-state index is 11.1. The molecule has 0 unspecified atom stereocenters. The number of sulfonamides is 1. The Labute approximate surface area is 77.5 Å². The van der Waals surface area contributed by atoms with E-state index < -0.39 is 10.0 Å². The van der Waals surface area contributed by atoms with Crippen LogP contribution >= 0.6 is 0 Å². The minimum atomic E-state index is -3.31. The molecule has 0 aromatic heterocycles.